The van der Waals surface area contributed by atoms with Gasteiger partial charge in [0.15, 0.2) is 17.3 Å². The second kappa shape index (κ2) is 9.90. The van der Waals surface area contributed by atoms with Crippen LogP contribution >= 0.6 is 0 Å². The summed E-state index contributed by atoms with van der Waals surface area (Å²) in [5.41, 5.74) is 0.0859. The van der Waals surface area contributed by atoms with Gasteiger partial charge in [0.2, 0.25) is 10.0 Å². The normalized spacial score (nSPS) is 12.7. The van der Waals surface area contributed by atoms with Gasteiger partial charge in [-0.25, -0.2) is 26.9 Å². The van der Waals surface area contributed by atoms with Gasteiger partial charge in [0, 0.05) is 12.6 Å². The van der Waals surface area contributed by atoms with E-state index in [2.05, 4.69) is 14.8 Å². The molecule has 0 saturated heterocycles. The van der Waals surface area contributed by atoms with E-state index in [0.717, 1.165) is 12.1 Å². The summed E-state index contributed by atoms with van der Waals surface area (Å²) in [5, 5.41) is 4.38. The van der Waals surface area contributed by atoms with Crippen molar-refractivity contribution in [2.24, 2.45) is 0 Å². The standard InChI is InChI=1S/C22H23F5N4O3S/c1-4-31-18(11-15(29-31)12-34-19-9-8-14(23)10-16(19)24)17-6-5-7-20(28-17)21(2,3)30-35(32,33)13-22(25,26)27/h5-11,30H,4,12-13H2,1-3H3. The van der Waals surface area contributed by atoms with Gasteiger partial charge in [0.1, 0.15) is 18.1 Å². The quantitative estimate of drug-likeness (QED) is 0.421. The fourth-order valence-electron chi connectivity index (χ4n) is 3.35. The summed E-state index contributed by atoms with van der Waals surface area (Å²) in [4.78, 5) is 4.45. The van der Waals surface area contributed by atoms with Crippen LogP contribution in [0.4, 0.5) is 22.0 Å². The summed E-state index contributed by atoms with van der Waals surface area (Å²) in [6.45, 7) is 4.93. The molecule has 35 heavy (non-hydrogen) atoms. The molecule has 7 nitrogen and oxygen atoms in total. The zero-order valence-electron chi connectivity index (χ0n) is 19.0. The molecular formula is C22H23F5N4O3S. The first-order valence-corrected chi connectivity index (χ1v) is 12.1. The summed E-state index contributed by atoms with van der Waals surface area (Å²) < 4.78 is 97.8. The molecule has 0 unspecified atom stereocenters. The highest BCUT2D eigenvalue weighted by atomic mass is 32.2. The van der Waals surface area contributed by atoms with Gasteiger partial charge in [0.05, 0.1) is 22.6 Å². The average Bonchev–Trinajstić information content (AvgIpc) is 3.14. The Morgan fingerprint density at radius 1 is 1.09 bits per heavy atom. The first-order chi connectivity index (χ1) is 16.2. The molecule has 190 valence electrons. The van der Waals surface area contributed by atoms with Crippen molar-refractivity contribution in [1.29, 1.82) is 0 Å². The number of hydrogen-bond acceptors (Lipinski definition) is 5. The van der Waals surface area contributed by atoms with Crippen LogP contribution in [0.25, 0.3) is 11.4 Å². The van der Waals surface area contributed by atoms with Crippen LogP contribution in [-0.2, 0) is 28.7 Å². The predicted octanol–water partition coefficient (Wildman–Crippen LogP) is 4.54. The van der Waals surface area contributed by atoms with Crippen molar-refractivity contribution in [2.45, 2.75) is 45.6 Å². The fourth-order valence-corrected chi connectivity index (χ4v) is 4.74. The molecule has 0 saturated carbocycles. The molecule has 2 heterocycles. The lowest BCUT2D eigenvalue weighted by Gasteiger charge is -2.26. The number of aryl methyl sites for hydroxylation is 1. The molecule has 0 atom stereocenters. The molecule has 0 bridgehead atoms. The zero-order valence-corrected chi connectivity index (χ0v) is 19.8. The third-order valence-electron chi connectivity index (χ3n) is 4.82. The average molecular weight is 519 g/mol. The third-order valence-corrected chi connectivity index (χ3v) is 6.34. The first-order valence-electron chi connectivity index (χ1n) is 10.4. The Hall–Kier alpha value is -3.06. The number of ether oxygens (including phenoxy) is 1. The van der Waals surface area contributed by atoms with E-state index in [1.165, 1.54) is 19.9 Å². The van der Waals surface area contributed by atoms with E-state index in [-0.39, 0.29) is 18.1 Å². The van der Waals surface area contributed by atoms with Gasteiger partial charge >= 0.3 is 6.18 Å². The van der Waals surface area contributed by atoms with Crippen molar-refractivity contribution >= 4 is 10.0 Å². The number of halogens is 5. The van der Waals surface area contributed by atoms with Gasteiger partial charge in [-0.3, -0.25) is 4.68 Å². The lowest BCUT2D eigenvalue weighted by Crippen LogP contribution is -2.45. The largest absolute Gasteiger partial charge is 0.484 e. The van der Waals surface area contributed by atoms with E-state index in [4.69, 9.17) is 4.74 Å². The Labute approximate surface area is 199 Å². The van der Waals surface area contributed by atoms with Gasteiger partial charge in [-0.15, -0.1) is 0 Å². The summed E-state index contributed by atoms with van der Waals surface area (Å²) in [7, 11) is -4.67. The highest BCUT2D eigenvalue weighted by Crippen LogP contribution is 2.26. The van der Waals surface area contributed by atoms with E-state index in [1.807, 2.05) is 6.92 Å². The van der Waals surface area contributed by atoms with Gasteiger partial charge in [0.25, 0.3) is 0 Å². The number of pyridine rings is 1. The lowest BCUT2D eigenvalue weighted by molar-refractivity contribution is -0.106. The number of rotatable bonds is 9. The van der Waals surface area contributed by atoms with Crippen LogP contribution < -0.4 is 9.46 Å². The monoisotopic (exact) mass is 518 g/mol. The Kier molecular flexibility index (Phi) is 7.50. The van der Waals surface area contributed by atoms with E-state index >= 15 is 0 Å². The van der Waals surface area contributed by atoms with Gasteiger partial charge in [-0.1, -0.05) is 6.07 Å². The summed E-state index contributed by atoms with van der Waals surface area (Å²) in [6, 6.07) is 9.28. The minimum absolute atomic E-state index is 0.120. The number of nitrogens with zero attached hydrogens (tertiary/aromatic N) is 3. The van der Waals surface area contributed by atoms with E-state index in [0.29, 0.717) is 29.7 Å². The van der Waals surface area contributed by atoms with Crippen molar-refractivity contribution in [3.8, 4) is 17.1 Å². The van der Waals surface area contributed by atoms with Gasteiger partial charge < -0.3 is 4.74 Å². The van der Waals surface area contributed by atoms with Crippen molar-refractivity contribution < 1.29 is 35.1 Å². The van der Waals surface area contributed by atoms with Gasteiger partial charge in [-0.2, -0.15) is 18.3 Å². The maximum absolute atomic E-state index is 13.8. The fraction of sp³-hybridized carbons (Fsp3) is 0.364. The van der Waals surface area contributed by atoms with E-state index < -0.39 is 39.1 Å². The van der Waals surface area contributed by atoms with Crippen LogP contribution in [0.5, 0.6) is 5.75 Å². The number of aromatic nitrogens is 3. The van der Waals surface area contributed by atoms with E-state index in [1.54, 1.807) is 22.9 Å². The molecule has 13 heteroatoms. The Morgan fingerprint density at radius 3 is 2.43 bits per heavy atom. The number of alkyl halides is 3. The summed E-state index contributed by atoms with van der Waals surface area (Å²) in [6.07, 6.45) is -4.89. The SMILES string of the molecule is CCn1nc(COc2ccc(F)cc2F)cc1-c1cccc(C(C)(C)NS(=O)(=O)CC(F)(F)F)n1. The Balaban J connectivity index is 1.84. The van der Waals surface area contributed by atoms with Crippen LogP contribution in [0.15, 0.2) is 42.5 Å². The maximum Gasteiger partial charge on any atom is 0.404 e. The van der Waals surface area contributed by atoms with Crippen LogP contribution in [0.1, 0.15) is 32.2 Å². The molecule has 0 amide bonds. The number of nitrogens with one attached hydrogen (secondary N) is 1. The second-order valence-electron chi connectivity index (χ2n) is 8.21. The molecule has 0 aliphatic carbocycles. The minimum atomic E-state index is -4.89. The molecule has 2 aromatic heterocycles. The Bertz CT molecular complexity index is 1310. The molecule has 1 N–H and O–H groups in total. The maximum atomic E-state index is 13.8. The predicted molar refractivity (Wildman–Crippen MR) is 118 cm³/mol. The first kappa shape index (κ1) is 26.5. The number of sulfonamides is 1. The topological polar surface area (TPSA) is 86.1 Å². The smallest absolute Gasteiger partial charge is 0.404 e. The second-order valence-corrected chi connectivity index (χ2v) is 9.93. The van der Waals surface area contributed by atoms with Crippen molar-refractivity contribution in [3.05, 3.63) is 65.5 Å². The van der Waals surface area contributed by atoms with Crippen molar-refractivity contribution in [1.82, 2.24) is 19.5 Å². The van der Waals surface area contributed by atoms with Crippen molar-refractivity contribution in [2.75, 3.05) is 5.75 Å². The van der Waals surface area contributed by atoms with E-state index in [9.17, 15) is 30.4 Å². The number of hydrogen-bond donors (Lipinski definition) is 1. The molecule has 0 fully saturated rings. The van der Waals surface area contributed by atoms with Gasteiger partial charge in [-0.05, 0) is 51.1 Å². The van der Waals surface area contributed by atoms with Crippen LogP contribution in [-0.4, -0.2) is 35.1 Å². The minimum Gasteiger partial charge on any atom is -0.484 e. The molecule has 3 rings (SSSR count). The molecule has 3 aromatic rings. The molecular weight excluding hydrogens is 495 g/mol. The van der Waals surface area contributed by atoms with Crippen LogP contribution in [0, 0.1) is 11.6 Å². The lowest BCUT2D eigenvalue weighted by atomic mass is 10.0. The highest BCUT2D eigenvalue weighted by Gasteiger charge is 2.38. The highest BCUT2D eigenvalue weighted by molar-refractivity contribution is 7.89. The van der Waals surface area contributed by atoms with Crippen LogP contribution in [0.2, 0.25) is 0 Å². The molecule has 0 spiro atoms. The van der Waals surface area contributed by atoms with Crippen LogP contribution in [0.3, 0.4) is 0 Å². The number of benzene rings is 1. The zero-order chi connectivity index (χ0) is 26.0. The molecule has 1 aromatic carbocycles. The molecule has 0 aliphatic rings. The Morgan fingerprint density at radius 2 is 1.80 bits per heavy atom. The van der Waals surface area contributed by atoms with Crippen molar-refractivity contribution in [3.63, 3.8) is 0 Å². The third kappa shape index (κ3) is 6.98. The molecule has 0 aliphatic heterocycles. The molecule has 0 radical (unpaired) electrons. The summed E-state index contributed by atoms with van der Waals surface area (Å²) in [5.74, 6) is -3.75. The summed E-state index contributed by atoms with van der Waals surface area (Å²) >= 11 is 0.